The summed E-state index contributed by atoms with van der Waals surface area (Å²) in [5, 5.41) is 15.5. The van der Waals surface area contributed by atoms with E-state index in [2.05, 4.69) is 15.5 Å². The molecule has 0 spiro atoms. The van der Waals surface area contributed by atoms with Gasteiger partial charge >= 0.3 is 5.97 Å². The third kappa shape index (κ3) is 4.97. The second-order valence-electron chi connectivity index (χ2n) is 4.70. The number of nitrogens with zero attached hydrogens (tertiary/aromatic N) is 2. The van der Waals surface area contributed by atoms with Crippen LogP contribution in [0.25, 0.3) is 11.4 Å². The van der Waals surface area contributed by atoms with E-state index in [1.54, 1.807) is 0 Å². The number of hydrogen-bond acceptors (Lipinski definition) is 5. The number of rotatable bonds is 7. The molecule has 0 aliphatic rings. The summed E-state index contributed by atoms with van der Waals surface area (Å²) < 4.78 is 31.0. The molecule has 0 amide bonds. The molecule has 2 aromatic rings. The fourth-order valence-electron chi connectivity index (χ4n) is 1.89. The van der Waals surface area contributed by atoms with Crippen molar-refractivity contribution in [2.75, 3.05) is 0 Å². The summed E-state index contributed by atoms with van der Waals surface area (Å²) in [5.41, 5.74) is 0.275. The van der Waals surface area contributed by atoms with Crippen molar-refractivity contribution in [2.45, 2.75) is 32.4 Å². The molecule has 1 aromatic heterocycles. The van der Waals surface area contributed by atoms with Crippen molar-refractivity contribution in [1.29, 1.82) is 0 Å². The molecule has 2 rings (SSSR count). The van der Waals surface area contributed by atoms with Crippen molar-refractivity contribution in [3.05, 3.63) is 35.7 Å². The van der Waals surface area contributed by atoms with E-state index in [4.69, 9.17) is 9.63 Å². The third-order valence-electron chi connectivity index (χ3n) is 3.02. The van der Waals surface area contributed by atoms with Gasteiger partial charge in [-0.2, -0.15) is 4.98 Å². The molecule has 1 unspecified atom stereocenters. The lowest BCUT2D eigenvalue weighted by Gasteiger charge is -2.11. The fraction of sp³-hybridized carbons (Fsp3) is 0.357. The van der Waals surface area contributed by atoms with Gasteiger partial charge in [0.15, 0.2) is 11.6 Å². The Hall–Kier alpha value is -2.06. The van der Waals surface area contributed by atoms with Crippen LogP contribution in [0.5, 0.6) is 0 Å². The first kappa shape index (κ1) is 19.0. The number of aliphatic carboxylic acids is 1. The lowest BCUT2D eigenvalue weighted by Crippen LogP contribution is -2.36. The first-order valence-corrected chi connectivity index (χ1v) is 6.75. The van der Waals surface area contributed by atoms with E-state index in [0.29, 0.717) is 12.8 Å². The number of carbonyl (C=O) groups is 1. The summed E-state index contributed by atoms with van der Waals surface area (Å²) in [7, 11) is 0. The van der Waals surface area contributed by atoms with Crippen molar-refractivity contribution >= 4 is 18.4 Å². The number of aromatic nitrogens is 2. The normalized spacial score (nSPS) is 11.8. The fourth-order valence-corrected chi connectivity index (χ4v) is 1.89. The van der Waals surface area contributed by atoms with E-state index >= 15 is 0 Å². The quantitative estimate of drug-likeness (QED) is 0.800. The van der Waals surface area contributed by atoms with Crippen molar-refractivity contribution in [2.24, 2.45) is 0 Å². The molecular weight excluding hydrogens is 332 g/mol. The Kier molecular flexibility index (Phi) is 7.05. The largest absolute Gasteiger partial charge is 0.480 e. The average molecular weight is 348 g/mol. The van der Waals surface area contributed by atoms with Gasteiger partial charge in [0, 0.05) is 5.56 Å². The van der Waals surface area contributed by atoms with Gasteiger partial charge in [-0.1, -0.05) is 18.5 Å². The zero-order valence-corrected chi connectivity index (χ0v) is 13.1. The molecule has 0 saturated carbocycles. The Bertz CT molecular complexity index is 666. The second kappa shape index (κ2) is 8.54. The molecule has 0 saturated heterocycles. The van der Waals surface area contributed by atoms with Gasteiger partial charge in [-0.3, -0.25) is 10.1 Å². The van der Waals surface area contributed by atoms with Crippen LogP contribution in [0, 0.1) is 11.6 Å². The molecule has 0 aliphatic carbocycles. The summed E-state index contributed by atoms with van der Waals surface area (Å²) in [6.45, 7) is 1.96. The van der Waals surface area contributed by atoms with Crippen molar-refractivity contribution in [1.82, 2.24) is 15.5 Å². The zero-order valence-electron chi connectivity index (χ0n) is 12.3. The van der Waals surface area contributed by atoms with Crippen LogP contribution >= 0.6 is 12.4 Å². The van der Waals surface area contributed by atoms with Gasteiger partial charge in [0.25, 0.3) is 0 Å². The van der Waals surface area contributed by atoms with Crippen LogP contribution in [0.3, 0.4) is 0 Å². The minimum atomic E-state index is -1.00. The van der Waals surface area contributed by atoms with Crippen LogP contribution in [-0.4, -0.2) is 27.3 Å². The van der Waals surface area contributed by atoms with E-state index in [0.717, 1.165) is 12.1 Å². The molecule has 1 aromatic carbocycles. The molecular formula is C14H16ClF2N3O3. The summed E-state index contributed by atoms with van der Waals surface area (Å²) in [5.74, 6) is -2.64. The van der Waals surface area contributed by atoms with Gasteiger partial charge in [0.05, 0.1) is 6.54 Å². The smallest absolute Gasteiger partial charge is 0.320 e. The molecule has 23 heavy (non-hydrogen) atoms. The summed E-state index contributed by atoms with van der Waals surface area (Å²) in [6.07, 6.45) is 1.19. The maximum absolute atomic E-state index is 13.2. The van der Waals surface area contributed by atoms with Gasteiger partial charge in [0.2, 0.25) is 11.7 Å². The van der Waals surface area contributed by atoms with Crippen LogP contribution in [-0.2, 0) is 11.3 Å². The molecule has 0 fully saturated rings. The standard InChI is InChI=1S/C14H15F2N3O3.ClH/c1-2-3-11(14(20)21)17-7-12-18-13(19-22-12)8-4-5-9(15)10(16)6-8;/h4-6,11,17H,2-3,7H2,1H3,(H,20,21);1H. The molecule has 0 radical (unpaired) electrons. The zero-order chi connectivity index (χ0) is 16.1. The van der Waals surface area contributed by atoms with E-state index in [9.17, 15) is 13.6 Å². The van der Waals surface area contributed by atoms with Crippen LogP contribution < -0.4 is 5.32 Å². The van der Waals surface area contributed by atoms with E-state index in [1.165, 1.54) is 6.07 Å². The summed E-state index contributed by atoms with van der Waals surface area (Å²) >= 11 is 0. The van der Waals surface area contributed by atoms with Crippen molar-refractivity contribution in [3.63, 3.8) is 0 Å². The van der Waals surface area contributed by atoms with Gasteiger partial charge in [-0.15, -0.1) is 12.4 Å². The minimum absolute atomic E-state index is 0. The Labute approximate surface area is 137 Å². The molecule has 6 nitrogen and oxygen atoms in total. The number of hydrogen-bond donors (Lipinski definition) is 2. The number of nitrogens with one attached hydrogen (secondary N) is 1. The van der Waals surface area contributed by atoms with E-state index < -0.39 is 23.6 Å². The van der Waals surface area contributed by atoms with Crippen LogP contribution in [0.2, 0.25) is 0 Å². The molecule has 0 bridgehead atoms. The Balaban J connectivity index is 0.00000264. The third-order valence-corrected chi connectivity index (χ3v) is 3.02. The molecule has 1 heterocycles. The highest BCUT2D eigenvalue weighted by atomic mass is 35.5. The SMILES string of the molecule is CCCC(NCc1nc(-c2ccc(F)c(F)c2)no1)C(=O)O.Cl. The number of carboxylic acids is 1. The number of halogens is 3. The minimum Gasteiger partial charge on any atom is -0.480 e. The van der Waals surface area contributed by atoms with Crippen LogP contribution in [0.4, 0.5) is 8.78 Å². The summed E-state index contributed by atoms with van der Waals surface area (Å²) in [4.78, 5) is 15.0. The highest BCUT2D eigenvalue weighted by molar-refractivity contribution is 5.85. The topological polar surface area (TPSA) is 88.3 Å². The van der Waals surface area contributed by atoms with Gasteiger partial charge in [0.1, 0.15) is 6.04 Å². The first-order valence-electron chi connectivity index (χ1n) is 6.75. The van der Waals surface area contributed by atoms with Gasteiger partial charge < -0.3 is 9.63 Å². The number of benzene rings is 1. The van der Waals surface area contributed by atoms with E-state index in [1.807, 2.05) is 6.92 Å². The molecule has 2 N–H and O–H groups in total. The summed E-state index contributed by atoms with van der Waals surface area (Å²) in [6, 6.07) is 2.57. The van der Waals surface area contributed by atoms with Crippen LogP contribution in [0.15, 0.2) is 22.7 Å². The van der Waals surface area contributed by atoms with Gasteiger partial charge in [-0.05, 0) is 24.6 Å². The maximum atomic E-state index is 13.2. The molecule has 126 valence electrons. The lowest BCUT2D eigenvalue weighted by atomic mass is 10.2. The predicted molar refractivity (Wildman–Crippen MR) is 80.1 cm³/mol. The Morgan fingerprint density at radius 2 is 2.13 bits per heavy atom. The lowest BCUT2D eigenvalue weighted by molar-refractivity contribution is -0.139. The monoisotopic (exact) mass is 347 g/mol. The molecule has 9 heteroatoms. The first-order chi connectivity index (χ1) is 10.5. The second-order valence-corrected chi connectivity index (χ2v) is 4.70. The number of carboxylic acid groups (broad SMARTS) is 1. The van der Waals surface area contributed by atoms with E-state index in [-0.39, 0.29) is 36.2 Å². The van der Waals surface area contributed by atoms with Crippen LogP contribution in [0.1, 0.15) is 25.7 Å². The molecule has 0 aliphatic heterocycles. The average Bonchev–Trinajstić information content (AvgIpc) is 2.95. The Morgan fingerprint density at radius 3 is 2.74 bits per heavy atom. The van der Waals surface area contributed by atoms with Gasteiger partial charge in [-0.25, -0.2) is 8.78 Å². The predicted octanol–water partition coefficient (Wildman–Crippen LogP) is 2.78. The Morgan fingerprint density at radius 1 is 1.39 bits per heavy atom. The highest BCUT2D eigenvalue weighted by Crippen LogP contribution is 2.18. The highest BCUT2D eigenvalue weighted by Gasteiger charge is 2.17. The van der Waals surface area contributed by atoms with Crippen molar-refractivity contribution in [3.8, 4) is 11.4 Å². The van der Waals surface area contributed by atoms with Crippen molar-refractivity contribution < 1.29 is 23.2 Å². The molecule has 1 atom stereocenters. The maximum Gasteiger partial charge on any atom is 0.320 e.